The van der Waals surface area contributed by atoms with E-state index in [9.17, 15) is 0 Å². The molecule has 210 valence electrons. The van der Waals surface area contributed by atoms with Crippen LogP contribution in [0.15, 0.2) is 158 Å². The Morgan fingerprint density at radius 3 is 1.76 bits per heavy atom. The lowest BCUT2D eigenvalue weighted by molar-refractivity contribution is 1.08. The standard InChI is InChI=1S/C41H26N4/c1-3-15-29(16-4-1)39-42-40(33-22-11-17-27-13-7-9-20-31(27)33)44-41(43-39)35-23-12-24-36-37(35)34-26-25-28-14-8-10-21-32(28)38(34)45(36)30-18-5-2-6-19-30/h1-26H. The van der Waals surface area contributed by atoms with Crippen molar-refractivity contribution in [3.63, 3.8) is 0 Å². The van der Waals surface area contributed by atoms with E-state index in [-0.39, 0.29) is 0 Å². The van der Waals surface area contributed by atoms with Crippen molar-refractivity contribution in [2.75, 3.05) is 0 Å². The van der Waals surface area contributed by atoms with E-state index in [0.717, 1.165) is 49.4 Å². The van der Waals surface area contributed by atoms with E-state index >= 15 is 0 Å². The maximum absolute atomic E-state index is 5.22. The molecule has 0 aliphatic heterocycles. The first-order valence-corrected chi connectivity index (χ1v) is 15.1. The molecule has 7 aromatic carbocycles. The summed E-state index contributed by atoms with van der Waals surface area (Å²) in [6.45, 7) is 0. The average molecular weight is 575 g/mol. The molecule has 0 N–H and O–H groups in total. The van der Waals surface area contributed by atoms with Crippen LogP contribution < -0.4 is 0 Å². The third-order valence-electron chi connectivity index (χ3n) is 8.63. The lowest BCUT2D eigenvalue weighted by atomic mass is 10.0. The Hall–Kier alpha value is -6.13. The molecule has 0 bridgehead atoms. The number of benzene rings is 7. The third kappa shape index (κ3) is 4.11. The molecule has 4 heteroatoms. The predicted octanol–water partition coefficient (Wildman–Crippen LogP) is 10.3. The molecule has 2 aromatic heterocycles. The van der Waals surface area contributed by atoms with Gasteiger partial charge in [-0.2, -0.15) is 0 Å². The molecule has 0 saturated carbocycles. The highest BCUT2D eigenvalue weighted by atomic mass is 15.0. The van der Waals surface area contributed by atoms with E-state index in [4.69, 9.17) is 15.0 Å². The summed E-state index contributed by atoms with van der Waals surface area (Å²) in [5, 5.41) is 6.96. The van der Waals surface area contributed by atoms with Gasteiger partial charge < -0.3 is 4.57 Å². The van der Waals surface area contributed by atoms with E-state index < -0.39 is 0 Å². The summed E-state index contributed by atoms with van der Waals surface area (Å²) in [6.07, 6.45) is 0. The molecule has 0 saturated heterocycles. The zero-order valence-corrected chi connectivity index (χ0v) is 24.3. The first-order chi connectivity index (χ1) is 22.3. The van der Waals surface area contributed by atoms with Crippen molar-refractivity contribution in [1.29, 1.82) is 0 Å². The summed E-state index contributed by atoms with van der Waals surface area (Å²) in [5.74, 6) is 1.96. The van der Waals surface area contributed by atoms with Crippen LogP contribution >= 0.6 is 0 Å². The molecule has 0 fully saturated rings. The van der Waals surface area contributed by atoms with Gasteiger partial charge in [0.15, 0.2) is 17.5 Å². The van der Waals surface area contributed by atoms with Crippen molar-refractivity contribution in [3.05, 3.63) is 158 Å². The highest BCUT2D eigenvalue weighted by Crippen LogP contribution is 2.41. The van der Waals surface area contributed by atoms with Gasteiger partial charge in [0.2, 0.25) is 0 Å². The molecule has 0 radical (unpaired) electrons. The van der Waals surface area contributed by atoms with Gasteiger partial charge in [-0.1, -0.05) is 140 Å². The van der Waals surface area contributed by atoms with Crippen LogP contribution in [-0.4, -0.2) is 19.5 Å². The lowest BCUT2D eigenvalue weighted by Gasteiger charge is -2.11. The minimum atomic E-state index is 0.651. The summed E-state index contributed by atoms with van der Waals surface area (Å²) >= 11 is 0. The number of aromatic nitrogens is 4. The molecule has 9 rings (SSSR count). The van der Waals surface area contributed by atoms with E-state index in [1.165, 1.54) is 16.3 Å². The van der Waals surface area contributed by atoms with Gasteiger partial charge in [-0.3, -0.25) is 0 Å². The van der Waals surface area contributed by atoms with Crippen molar-refractivity contribution < 1.29 is 0 Å². The molecule has 0 spiro atoms. The number of nitrogens with zero attached hydrogens (tertiary/aromatic N) is 4. The van der Waals surface area contributed by atoms with Crippen LogP contribution in [0.25, 0.3) is 83.2 Å². The maximum Gasteiger partial charge on any atom is 0.164 e. The molecule has 9 aromatic rings. The number of hydrogen-bond acceptors (Lipinski definition) is 3. The normalized spacial score (nSPS) is 11.6. The molecule has 0 amide bonds. The number of rotatable bonds is 4. The van der Waals surface area contributed by atoms with Crippen molar-refractivity contribution in [2.45, 2.75) is 0 Å². The fourth-order valence-corrected chi connectivity index (χ4v) is 6.61. The zero-order valence-electron chi connectivity index (χ0n) is 24.3. The van der Waals surface area contributed by atoms with Crippen LogP contribution in [0.5, 0.6) is 0 Å². The van der Waals surface area contributed by atoms with Crippen LogP contribution in [0, 0.1) is 0 Å². The minimum absolute atomic E-state index is 0.651. The van der Waals surface area contributed by atoms with Gasteiger partial charge >= 0.3 is 0 Å². The van der Waals surface area contributed by atoms with Crippen molar-refractivity contribution in [2.24, 2.45) is 0 Å². The second kappa shape index (κ2) is 10.2. The van der Waals surface area contributed by atoms with Gasteiger partial charge in [0.1, 0.15) is 0 Å². The van der Waals surface area contributed by atoms with Crippen molar-refractivity contribution in [3.8, 4) is 39.9 Å². The highest BCUT2D eigenvalue weighted by Gasteiger charge is 2.21. The Labute approximate surface area is 259 Å². The molecule has 0 atom stereocenters. The van der Waals surface area contributed by atoms with Crippen LogP contribution in [0.3, 0.4) is 0 Å². The Balaban J connectivity index is 1.40. The van der Waals surface area contributed by atoms with E-state index in [1.54, 1.807) is 0 Å². The van der Waals surface area contributed by atoms with Gasteiger partial charge in [0, 0.05) is 38.5 Å². The largest absolute Gasteiger partial charge is 0.309 e. The van der Waals surface area contributed by atoms with Crippen LogP contribution in [-0.2, 0) is 0 Å². The minimum Gasteiger partial charge on any atom is -0.309 e. The number of fused-ring (bicyclic) bond motifs is 6. The summed E-state index contributed by atoms with van der Waals surface area (Å²) in [6, 6.07) is 55.0. The molecular formula is C41H26N4. The zero-order chi connectivity index (χ0) is 29.7. The molecular weight excluding hydrogens is 548 g/mol. The quantitative estimate of drug-likeness (QED) is 0.210. The summed E-state index contributed by atoms with van der Waals surface area (Å²) < 4.78 is 2.38. The molecule has 4 nitrogen and oxygen atoms in total. The first kappa shape index (κ1) is 25.4. The predicted molar refractivity (Wildman–Crippen MR) is 185 cm³/mol. The SMILES string of the molecule is c1ccc(-c2nc(-c3cccc4ccccc34)nc(-c3cccc4c3c3ccc5ccccc5c3n4-c3ccccc3)n2)cc1. The van der Waals surface area contributed by atoms with Crippen LogP contribution in [0.2, 0.25) is 0 Å². The monoisotopic (exact) mass is 574 g/mol. The Bertz CT molecular complexity index is 2530. The summed E-state index contributed by atoms with van der Waals surface area (Å²) in [5.41, 5.74) is 6.31. The molecule has 0 aliphatic rings. The summed E-state index contributed by atoms with van der Waals surface area (Å²) in [4.78, 5) is 15.4. The Morgan fingerprint density at radius 1 is 0.378 bits per heavy atom. The van der Waals surface area contributed by atoms with Gasteiger partial charge in [-0.05, 0) is 34.4 Å². The third-order valence-corrected chi connectivity index (χ3v) is 8.63. The van der Waals surface area contributed by atoms with E-state index in [0.29, 0.717) is 17.5 Å². The van der Waals surface area contributed by atoms with Gasteiger partial charge in [0.25, 0.3) is 0 Å². The average Bonchev–Trinajstić information content (AvgIpc) is 3.47. The van der Waals surface area contributed by atoms with E-state index in [1.807, 2.05) is 18.2 Å². The fourth-order valence-electron chi connectivity index (χ4n) is 6.61. The topological polar surface area (TPSA) is 43.6 Å². The van der Waals surface area contributed by atoms with Crippen LogP contribution in [0.4, 0.5) is 0 Å². The Morgan fingerprint density at radius 2 is 0.956 bits per heavy atom. The second-order valence-corrected chi connectivity index (χ2v) is 11.3. The van der Waals surface area contributed by atoms with Gasteiger partial charge in [-0.25, -0.2) is 15.0 Å². The van der Waals surface area contributed by atoms with E-state index in [2.05, 4.69) is 144 Å². The second-order valence-electron chi connectivity index (χ2n) is 11.3. The van der Waals surface area contributed by atoms with Crippen molar-refractivity contribution >= 4 is 43.4 Å². The number of para-hydroxylation sites is 1. The molecule has 0 aliphatic carbocycles. The fraction of sp³-hybridized carbons (Fsp3) is 0. The highest BCUT2D eigenvalue weighted by molar-refractivity contribution is 6.22. The van der Waals surface area contributed by atoms with Gasteiger partial charge in [-0.15, -0.1) is 0 Å². The summed E-state index contributed by atoms with van der Waals surface area (Å²) in [7, 11) is 0. The molecule has 0 unspecified atom stereocenters. The maximum atomic E-state index is 5.22. The molecule has 2 heterocycles. The number of hydrogen-bond donors (Lipinski definition) is 0. The van der Waals surface area contributed by atoms with Crippen LogP contribution in [0.1, 0.15) is 0 Å². The first-order valence-electron chi connectivity index (χ1n) is 15.1. The Kier molecular flexibility index (Phi) is 5.78. The molecule has 45 heavy (non-hydrogen) atoms. The van der Waals surface area contributed by atoms with Gasteiger partial charge in [0.05, 0.1) is 11.0 Å². The smallest absolute Gasteiger partial charge is 0.164 e. The lowest BCUT2D eigenvalue weighted by Crippen LogP contribution is -2.01. The van der Waals surface area contributed by atoms with Crippen molar-refractivity contribution in [1.82, 2.24) is 19.5 Å².